The fourth-order valence-electron chi connectivity index (χ4n) is 3.97. The van der Waals surface area contributed by atoms with E-state index in [2.05, 4.69) is 63.3 Å². The molecule has 1 aliphatic heterocycles. The number of anilines is 3. The van der Waals surface area contributed by atoms with Gasteiger partial charge in [-0.3, -0.25) is 0 Å². The van der Waals surface area contributed by atoms with Crippen molar-refractivity contribution < 1.29 is 0 Å². The highest BCUT2D eigenvalue weighted by atomic mass is 35.5. The number of piperazine rings is 1. The maximum Gasteiger partial charge on any atom is 0.255 e. The van der Waals surface area contributed by atoms with Crippen LogP contribution in [0.1, 0.15) is 16.8 Å². The van der Waals surface area contributed by atoms with Crippen molar-refractivity contribution in [3.63, 3.8) is 0 Å². The number of aryl methyl sites for hydroxylation is 1. The predicted molar refractivity (Wildman–Crippen MR) is 141 cm³/mol. The summed E-state index contributed by atoms with van der Waals surface area (Å²) in [5.41, 5.74) is 5.43. The average Bonchev–Trinajstić information content (AvgIpc) is 3.25. The van der Waals surface area contributed by atoms with E-state index in [4.69, 9.17) is 16.7 Å². The second-order valence-electron chi connectivity index (χ2n) is 8.65. The first-order valence-corrected chi connectivity index (χ1v) is 12.7. The van der Waals surface area contributed by atoms with Crippen LogP contribution in [0.3, 0.4) is 0 Å². The molecule has 0 spiro atoms. The van der Waals surface area contributed by atoms with Gasteiger partial charge in [-0.25, -0.2) is 4.98 Å². The highest BCUT2D eigenvalue weighted by molar-refractivity contribution is 7.98. The Labute approximate surface area is 209 Å². The number of fused-ring (bicyclic) bond motifs is 1. The molecule has 1 fully saturated rings. The van der Waals surface area contributed by atoms with Gasteiger partial charge < -0.3 is 15.1 Å². The number of thioether (sulfide) groups is 1. The summed E-state index contributed by atoms with van der Waals surface area (Å²) >= 11 is 7.58. The molecule has 5 rings (SSSR count). The Morgan fingerprint density at radius 1 is 0.941 bits per heavy atom. The zero-order valence-electron chi connectivity index (χ0n) is 19.6. The van der Waals surface area contributed by atoms with Gasteiger partial charge in [0.05, 0.1) is 0 Å². The molecule has 176 valence electrons. The Bertz CT molecular complexity index is 1280. The van der Waals surface area contributed by atoms with E-state index in [1.807, 2.05) is 31.2 Å². The van der Waals surface area contributed by atoms with Gasteiger partial charge in [0, 0.05) is 59.6 Å². The van der Waals surface area contributed by atoms with E-state index in [9.17, 15) is 0 Å². The van der Waals surface area contributed by atoms with Crippen LogP contribution in [-0.2, 0) is 5.75 Å². The molecule has 0 saturated carbocycles. The Balaban J connectivity index is 1.35. The molecular weight excluding hydrogens is 466 g/mol. The number of aromatic nitrogens is 4. The normalized spacial score (nSPS) is 14.6. The SMILES string of the molecule is Cc1nc2nc(SCc3ccc(Cl)cc3)nn2c(Nc2ccc(N3CCN(C)CC3)cc2)c1C. The van der Waals surface area contributed by atoms with Gasteiger partial charge in [0.15, 0.2) is 0 Å². The molecule has 0 unspecified atom stereocenters. The van der Waals surface area contributed by atoms with Crippen LogP contribution in [0.4, 0.5) is 17.2 Å². The lowest BCUT2D eigenvalue weighted by molar-refractivity contribution is 0.313. The number of hydrogen-bond acceptors (Lipinski definition) is 7. The number of nitrogens with one attached hydrogen (secondary N) is 1. The molecular formula is C25H28ClN7S. The molecule has 0 amide bonds. The highest BCUT2D eigenvalue weighted by Crippen LogP contribution is 2.27. The molecule has 0 radical (unpaired) electrons. The van der Waals surface area contributed by atoms with Gasteiger partial charge in [0.25, 0.3) is 5.78 Å². The third-order valence-electron chi connectivity index (χ3n) is 6.23. The molecule has 34 heavy (non-hydrogen) atoms. The molecule has 1 saturated heterocycles. The molecule has 1 N–H and O–H groups in total. The van der Waals surface area contributed by atoms with Crippen LogP contribution in [0.5, 0.6) is 0 Å². The summed E-state index contributed by atoms with van der Waals surface area (Å²) in [5.74, 6) is 2.25. The van der Waals surface area contributed by atoms with Gasteiger partial charge in [-0.05, 0) is 62.9 Å². The average molecular weight is 494 g/mol. The molecule has 0 aliphatic carbocycles. The molecule has 0 atom stereocenters. The smallest absolute Gasteiger partial charge is 0.255 e. The molecule has 3 heterocycles. The van der Waals surface area contributed by atoms with E-state index in [1.54, 1.807) is 16.3 Å². The van der Waals surface area contributed by atoms with Crippen molar-refractivity contribution >= 4 is 46.3 Å². The lowest BCUT2D eigenvalue weighted by Gasteiger charge is -2.34. The van der Waals surface area contributed by atoms with Gasteiger partial charge in [0.2, 0.25) is 5.16 Å². The van der Waals surface area contributed by atoms with Crippen LogP contribution in [0.25, 0.3) is 5.78 Å². The minimum Gasteiger partial charge on any atom is -0.369 e. The molecule has 2 aromatic carbocycles. The largest absolute Gasteiger partial charge is 0.369 e. The van der Waals surface area contributed by atoms with Gasteiger partial charge in [-0.15, -0.1) is 5.10 Å². The van der Waals surface area contributed by atoms with Crippen LogP contribution in [0, 0.1) is 13.8 Å². The quantitative estimate of drug-likeness (QED) is 0.371. The molecule has 2 aromatic heterocycles. The lowest BCUT2D eigenvalue weighted by Crippen LogP contribution is -2.44. The lowest BCUT2D eigenvalue weighted by atomic mass is 10.2. The zero-order valence-corrected chi connectivity index (χ0v) is 21.2. The number of likely N-dealkylation sites (N-methyl/N-ethyl adjacent to an activating group) is 1. The van der Waals surface area contributed by atoms with Gasteiger partial charge in [-0.1, -0.05) is 35.5 Å². The van der Waals surface area contributed by atoms with E-state index in [0.717, 1.165) is 59.7 Å². The molecule has 7 nitrogen and oxygen atoms in total. The van der Waals surface area contributed by atoms with E-state index in [1.165, 1.54) is 11.3 Å². The fourth-order valence-corrected chi connectivity index (χ4v) is 4.87. The second kappa shape index (κ2) is 9.82. The Hall–Kier alpha value is -2.81. The second-order valence-corrected chi connectivity index (χ2v) is 10.0. The number of rotatable bonds is 6. The third kappa shape index (κ3) is 4.99. The van der Waals surface area contributed by atoms with Crippen molar-refractivity contribution in [2.75, 3.05) is 43.4 Å². The standard InChI is InChI=1S/C25H28ClN7S/c1-17-18(2)27-24-29-25(34-16-19-4-6-20(26)7-5-19)30-33(24)23(17)28-21-8-10-22(11-9-21)32-14-12-31(3)13-15-32/h4-11,28H,12-16H2,1-3H3. The summed E-state index contributed by atoms with van der Waals surface area (Å²) in [6.45, 7) is 8.37. The van der Waals surface area contributed by atoms with Crippen LogP contribution in [-0.4, -0.2) is 57.7 Å². The van der Waals surface area contributed by atoms with Gasteiger partial charge in [-0.2, -0.15) is 9.50 Å². The summed E-state index contributed by atoms with van der Waals surface area (Å²) in [6.07, 6.45) is 0. The number of halogens is 1. The third-order valence-corrected chi connectivity index (χ3v) is 7.39. The minimum absolute atomic E-state index is 0.596. The van der Waals surface area contributed by atoms with Crippen molar-refractivity contribution in [3.8, 4) is 0 Å². The summed E-state index contributed by atoms with van der Waals surface area (Å²) in [4.78, 5) is 14.1. The number of benzene rings is 2. The molecule has 9 heteroatoms. The van der Waals surface area contributed by atoms with Gasteiger partial charge >= 0.3 is 0 Å². The van der Waals surface area contributed by atoms with Crippen molar-refractivity contribution in [3.05, 3.63) is 70.4 Å². The monoisotopic (exact) mass is 493 g/mol. The maximum atomic E-state index is 6.00. The molecule has 1 aliphatic rings. The Kier molecular flexibility index (Phi) is 6.63. The van der Waals surface area contributed by atoms with Crippen LogP contribution in [0.2, 0.25) is 5.02 Å². The van der Waals surface area contributed by atoms with Crippen molar-refractivity contribution in [2.45, 2.75) is 24.8 Å². The van der Waals surface area contributed by atoms with E-state index >= 15 is 0 Å². The maximum absolute atomic E-state index is 6.00. The molecule has 4 aromatic rings. The first-order chi connectivity index (χ1) is 16.5. The fraction of sp³-hybridized carbons (Fsp3) is 0.320. The summed E-state index contributed by atoms with van der Waals surface area (Å²) in [5, 5.41) is 9.74. The van der Waals surface area contributed by atoms with Crippen LogP contribution < -0.4 is 10.2 Å². The van der Waals surface area contributed by atoms with E-state index < -0.39 is 0 Å². The van der Waals surface area contributed by atoms with E-state index in [0.29, 0.717) is 10.9 Å². The summed E-state index contributed by atoms with van der Waals surface area (Å²) < 4.78 is 1.81. The topological polar surface area (TPSA) is 61.6 Å². The van der Waals surface area contributed by atoms with Crippen molar-refractivity contribution in [1.82, 2.24) is 24.5 Å². The first-order valence-electron chi connectivity index (χ1n) is 11.4. The number of hydrogen-bond donors (Lipinski definition) is 1. The van der Waals surface area contributed by atoms with Crippen LogP contribution >= 0.6 is 23.4 Å². The number of nitrogens with zero attached hydrogens (tertiary/aromatic N) is 6. The highest BCUT2D eigenvalue weighted by Gasteiger charge is 2.16. The first kappa shape index (κ1) is 23.0. The minimum atomic E-state index is 0.596. The van der Waals surface area contributed by atoms with Gasteiger partial charge in [0.1, 0.15) is 5.82 Å². The van der Waals surface area contributed by atoms with Crippen LogP contribution in [0.15, 0.2) is 53.7 Å². The molecule has 0 bridgehead atoms. The van der Waals surface area contributed by atoms with Crippen molar-refractivity contribution in [2.24, 2.45) is 0 Å². The Morgan fingerprint density at radius 2 is 1.65 bits per heavy atom. The zero-order chi connectivity index (χ0) is 23.7. The predicted octanol–water partition coefficient (Wildman–Crippen LogP) is 5.18. The summed E-state index contributed by atoms with van der Waals surface area (Å²) in [7, 11) is 2.18. The van der Waals surface area contributed by atoms with Crippen molar-refractivity contribution in [1.29, 1.82) is 0 Å². The van der Waals surface area contributed by atoms with E-state index in [-0.39, 0.29) is 0 Å². The Morgan fingerprint density at radius 3 is 2.35 bits per heavy atom. The summed E-state index contributed by atoms with van der Waals surface area (Å²) in [6, 6.07) is 16.5.